The van der Waals surface area contributed by atoms with Gasteiger partial charge in [0.1, 0.15) is 30.0 Å². The van der Waals surface area contributed by atoms with E-state index in [9.17, 15) is 29.1 Å². The molecule has 11 atom stereocenters. The number of alkyl halides is 1. The number of rotatable bonds is 7. The van der Waals surface area contributed by atoms with Crippen LogP contribution >= 0.6 is 11.6 Å². The Kier molecular flexibility index (Phi) is 10.3. The van der Waals surface area contributed by atoms with Crippen molar-refractivity contribution in [1.82, 2.24) is 0 Å². The van der Waals surface area contributed by atoms with E-state index in [2.05, 4.69) is 6.58 Å². The highest BCUT2D eigenvalue weighted by molar-refractivity contribution is 6.23. The zero-order valence-corrected chi connectivity index (χ0v) is 28.6. The van der Waals surface area contributed by atoms with E-state index in [1.807, 2.05) is 13.8 Å². The molecular weight excluding hydrogens is 624 g/mol. The molecule has 0 aromatic rings. The summed E-state index contributed by atoms with van der Waals surface area (Å²) in [5.74, 6) is -6.29. The Morgan fingerprint density at radius 3 is 2.15 bits per heavy atom. The van der Waals surface area contributed by atoms with Crippen LogP contribution < -0.4 is 0 Å². The van der Waals surface area contributed by atoms with Crippen molar-refractivity contribution < 1.29 is 57.5 Å². The topological polar surface area (TPSA) is 164 Å². The minimum absolute atomic E-state index is 0.00320. The number of ether oxygens (including phenoxy) is 6. The molecule has 0 radical (unpaired) electrons. The molecular formula is C33H47ClO12. The molecule has 46 heavy (non-hydrogen) atoms. The van der Waals surface area contributed by atoms with Crippen LogP contribution in [0.4, 0.5) is 0 Å². The first-order valence-corrected chi connectivity index (χ1v) is 16.4. The lowest BCUT2D eigenvalue weighted by atomic mass is 9.51. The van der Waals surface area contributed by atoms with Crippen LogP contribution in [0.2, 0.25) is 0 Å². The van der Waals surface area contributed by atoms with Crippen LogP contribution in [0.25, 0.3) is 0 Å². The summed E-state index contributed by atoms with van der Waals surface area (Å²) in [5, 5.41) is 11.6. The van der Waals surface area contributed by atoms with Gasteiger partial charge in [-0.1, -0.05) is 46.8 Å². The number of carbonyl (C=O) groups excluding carboxylic acids is 5. The Labute approximate surface area is 274 Å². The van der Waals surface area contributed by atoms with Gasteiger partial charge in [0.25, 0.3) is 0 Å². The molecule has 13 heteroatoms. The second-order valence-corrected chi connectivity index (χ2v) is 14.6. The number of epoxide rings is 1. The molecule has 4 aliphatic rings. The average molecular weight is 671 g/mol. The molecule has 2 aliphatic carbocycles. The summed E-state index contributed by atoms with van der Waals surface area (Å²) in [5.41, 5.74) is -4.72. The van der Waals surface area contributed by atoms with Crippen LogP contribution in [0.5, 0.6) is 0 Å². The molecule has 2 aliphatic heterocycles. The summed E-state index contributed by atoms with van der Waals surface area (Å²) in [7, 11) is 0. The third-order valence-electron chi connectivity index (χ3n) is 10.1. The van der Waals surface area contributed by atoms with Crippen LogP contribution in [-0.2, 0) is 52.4 Å². The highest BCUT2D eigenvalue weighted by Crippen LogP contribution is 2.63. The van der Waals surface area contributed by atoms with E-state index in [0.29, 0.717) is 5.57 Å². The number of hydrogen-bond acceptors (Lipinski definition) is 12. The van der Waals surface area contributed by atoms with Gasteiger partial charge in [-0.3, -0.25) is 24.0 Å². The largest absolute Gasteiger partial charge is 0.462 e. The predicted molar refractivity (Wildman–Crippen MR) is 162 cm³/mol. The maximum Gasteiger partial charge on any atom is 0.312 e. The summed E-state index contributed by atoms with van der Waals surface area (Å²) in [6.07, 6.45) is -5.80. The standard InChI is InChI=1S/C33H47ClO12/c1-15(2)12-24(37)44-23-13-22(42-19(7)35)31(9)21(45-29(38)16(3)4)11-10-17(5)25(34)27-33(40,18(6)30(39)46-27)28(43-20(8)36)26(31)32(23)14-41-32/h15-16,18,21-23,25-28,40H,5,10-14H2,1-4,6-9H3/t18-,21-,22-,23+,25-,26+,27-,28-,31-,32+,33?/m0/s1. The van der Waals surface area contributed by atoms with Gasteiger partial charge < -0.3 is 33.5 Å². The summed E-state index contributed by atoms with van der Waals surface area (Å²) in [6.45, 7) is 16.7. The minimum Gasteiger partial charge on any atom is -0.462 e. The minimum atomic E-state index is -2.27. The van der Waals surface area contributed by atoms with Gasteiger partial charge in [0.2, 0.25) is 0 Å². The molecule has 2 saturated heterocycles. The number of esters is 5. The third kappa shape index (κ3) is 6.29. The fraction of sp³-hybridized carbons (Fsp3) is 0.788. The molecule has 4 fully saturated rings. The molecule has 2 saturated carbocycles. The first kappa shape index (κ1) is 36.1. The van der Waals surface area contributed by atoms with Crippen LogP contribution in [0.15, 0.2) is 12.2 Å². The number of fused-ring (bicyclic) bond motifs is 3. The molecule has 0 amide bonds. The molecule has 0 aromatic heterocycles. The van der Waals surface area contributed by atoms with E-state index in [-0.39, 0.29) is 38.2 Å². The summed E-state index contributed by atoms with van der Waals surface area (Å²) >= 11 is 6.88. The second kappa shape index (κ2) is 13.1. The third-order valence-corrected chi connectivity index (χ3v) is 10.6. The summed E-state index contributed by atoms with van der Waals surface area (Å²) in [4.78, 5) is 65.2. The van der Waals surface area contributed by atoms with E-state index in [1.165, 1.54) is 13.8 Å². The molecule has 1 spiro atoms. The molecule has 1 unspecified atom stereocenters. The Morgan fingerprint density at radius 2 is 1.63 bits per heavy atom. The van der Waals surface area contributed by atoms with Gasteiger partial charge in [-0.25, -0.2) is 0 Å². The van der Waals surface area contributed by atoms with Gasteiger partial charge in [0.05, 0.1) is 29.2 Å². The smallest absolute Gasteiger partial charge is 0.312 e. The molecule has 2 heterocycles. The van der Waals surface area contributed by atoms with Gasteiger partial charge in [-0.05, 0) is 25.7 Å². The van der Waals surface area contributed by atoms with Crippen molar-refractivity contribution in [2.45, 2.75) is 128 Å². The Bertz CT molecular complexity index is 1260. The SMILES string of the molecule is C=C1CC[C@H](OC(=O)C(C)C)[C@@]2(C)[C@@H](OC(C)=O)C[C@@H](OC(=O)CC(C)C)[C@]3(CO3)[C@@H]2[C@H](OC(C)=O)C2(O)[C@@H](C)C(=O)O[C@H]2[C@H]1Cl. The first-order chi connectivity index (χ1) is 21.3. The Morgan fingerprint density at radius 1 is 1.02 bits per heavy atom. The highest BCUT2D eigenvalue weighted by Gasteiger charge is 2.78. The van der Waals surface area contributed by atoms with E-state index < -0.39 is 100 Å². The lowest BCUT2D eigenvalue weighted by Gasteiger charge is -2.58. The Hall–Kier alpha value is -2.70. The first-order valence-electron chi connectivity index (χ1n) is 15.9. The van der Waals surface area contributed by atoms with Gasteiger partial charge >= 0.3 is 29.8 Å². The quantitative estimate of drug-likeness (QED) is 0.138. The van der Waals surface area contributed by atoms with Crippen molar-refractivity contribution in [2.24, 2.45) is 29.1 Å². The van der Waals surface area contributed by atoms with Gasteiger partial charge in [-0.2, -0.15) is 0 Å². The number of hydrogen-bond donors (Lipinski definition) is 1. The maximum absolute atomic E-state index is 13.3. The summed E-state index contributed by atoms with van der Waals surface area (Å²) < 4.78 is 36.1. The van der Waals surface area contributed by atoms with E-state index >= 15 is 0 Å². The lowest BCUT2D eigenvalue weighted by molar-refractivity contribution is -0.260. The average Bonchev–Trinajstić information content (AvgIpc) is 3.69. The fourth-order valence-corrected chi connectivity index (χ4v) is 7.95. The molecule has 12 nitrogen and oxygen atoms in total. The fourth-order valence-electron chi connectivity index (χ4n) is 7.59. The van der Waals surface area contributed by atoms with Gasteiger partial charge in [0, 0.05) is 32.6 Å². The van der Waals surface area contributed by atoms with Crippen LogP contribution in [-0.4, -0.2) is 88.7 Å². The molecule has 0 aromatic carbocycles. The molecule has 1 N–H and O–H groups in total. The van der Waals surface area contributed by atoms with Crippen molar-refractivity contribution >= 4 is 41.4 Å². The zero-order valence-electron chi connectivity index (χ0n) is 27.8. The van der Waals surface area contributed by atoms with E-state index in [1.54, 1.807) is 20.8 Å². The zero-order chi connectivity index (χ0) is 34.5. The van der Waals surface area contributed by atoms with Gasteiger partial charge in [0.15, 0.2) is 11.7 Å². The van der Waals surface area contributed by atoms with E-state index in [0.717, 1.165) is 6.92 Å². The summed E-state index contributed by atoms with van der Waals surface area (Å²) in [6, 6.07) is 0. The van der Waals surface area contributed by atoms with Crippen LogP contribution in [0, 0.1) is 29.1 Å². The maximum atomic E-state index is 13.3. The van der Waals surface area contributed by atoms with Crippen molar-refractivity contribution in [1.29, 1.82) is 0 Å². The van der Waals surface area contributed by atoms with Crippen LogP contribution in [0.1, 0.15) is 81.1 Å². The molecule has 4 rings (SSSR count). The van der Waals surface area contributed by atoms with Crippen molar-refractivity contribution in [3.8, 4) is 0 Å². The monoisotopic (exact) mass is 670 g/mol. The number of halogens is 1. The Balaban J connectivity index is 2.04. The van der Waals surface area contributed by atoms with Crippen molar-refractivity contribution in [3.05, 3.63) is 12.2 Å². The van der Waals surface area contributed by atoms with Gasteiger partial charge in [-0.15, -0.1) is 11.6 Å². The molecule has 258 valence electrons. The predicted octanol–water partition coefficient (Wildman–Crippen LogP) is 3.42. The molecule has 0 bridgehead atoms. The highest BCUT2D eigenvalue weighted by atomic mass is 35.5. The lowest BCUT2D eigenvalue weighted by Crippen LogP contribution is -2.72. The number of aliphatic hydroxyl groups is 1. The normalized spacial score (nSPS) is 40.4. The van der Waals surface area contributed by atoms with E-state index in [4.69, 9.17) is 40.0 Å². The van der Waals surface area contributed by atoms with Crippen molar-refractivity contribution in [3.63, 3.8) is 0 Å². The second-order valence-electron chi connectivity index (χ2n) is 14.2. The number of carbonyl (C=O) groups is 5. The van der Waals surface area contributed by atoms with Crippen molar-refractivity contribution in [2.75, 3.05) is 6.61 Å². The van der Waals surface area contributed by atoms with Crippen LogP contribution in [0.3, 0.4) is 0 Å².